The lowest BCUT2D eigenvalue weighted by molar-refractivity contribution is -0.148. The van der Waals surface area contributed by atoms with Crippen molar-refractivity contribution >= 4 is 5.97 Å². The average molecular weight is 210 g/mol. The molecular formula is C13H22O2. The SMILES string of the molecule is CC1(C)CC2CCC1(C)C(CC(=O)O)C2. The van der Waals surface area contributed by atoms with E-state index in [1.54, 1.807) is 0 Å². The van der Waals surface area contributed by atoms with Crippen molar-refractivity contribution in [2.24, 2.45) is 22.7 Å². The Morgan fingerprint density at radius 3 is 2.60 bits per heavy atom. The zero-order valence-corrected chi connectivity index (χ0v) is 10.0. The van der Waals surface area contributed by atoms with Crippen LogP contribution in [-0.4, -0.2) is 11.1 Å². The van der Waals surface area contributed by atoms with E-state index >= 15 is 0 Å². The molecule has 2 nitrogen and oxygen atoms in total. The van der Waals surface area contributed by atoms with Crippen molar-refractivity contribution in [3.8, 4) is 0 Å². The summed E-state index contributed by atoms with van der Waals surface area (Å²) < 4.78 is 0. The van der Waals surface area contributed by atoms with Gasteiger partial charge in [-0.3, -0.25) is 4.79 Å². The van der Waals surface area contributed by atoms with Crippen LogP contribution in [0.2, 0.25) is 0 Å². The molecule has 1 N–H and O–H groups in total. The summed E-state index contributed by atoms with van der Waals surface area (Å²) in [4.78, 5) is 10.9. The number of hydrogen-bond donors (Lipinski definition) is 1. The summed E-state index contributed by atoms with van der Waals surface area (Å²) in [6.07, 6.45) is 5.35. The van der Waals surface area contributed by atoms with E-state index in [0.717, 1.165) is 12.3 Å². The Morgan fingerprint density at radius 2 is 2.07 bits per heavy atom. The molecule has 3 saturated carbocycles. The number of hydrogen-bond acceptors (Lipinski definition) is 1. The van der Waals surface area contributed by atoms with E-state index in [2.05, 4.69) is 20.8 Å². The predicted molar refractivity (Wildman–Crippen MR) is 59.6 cm³/mol. The third-order valence-corrected chi connectivity index (χ3v) is 5.36. The quantitative estimate of drug-likeness (QED) is 0.759. The van der Waals surface area contributed by atoms with E-state index in [1.165, 1.54) is 19.3 Å². The van der Waals surface area contributed by atoms with Crippen molar-refractivity contribution in [1.29, 1.82) is 0 Å². The van der Waals surface area contributed by atoms with E-state index in [1.807, 2.05) is 0 Å². The van der Waals surface area contributed by atoms with Gasteiger partial charge in [0.15, 0.2) is 0 Å². The van der Waals surface area contributed by atoms with Gasteiger partial charge in [0.1, 0.15) is 0 Å². The van der Waals surface area contributed by atoms with Gasteiger partial charge < -0.3 is 5.11 Å². The molecule has 3 unspecified atom stereocenters. The lowest BCUT2D eigenvalue weighted by Gasteiger charge is -2.60. The maximum Gasteiger partial charge on any atom is 0.303 e. The smallest absolute Gasteiger partial charge is 0.303 e. The molecule has 0 aliphatic heterocycles. The molecule has 3 rings (SSSR count). The number of carboxylic acids is 1. The average Bonchev–Trinajstić information content (AvgIpc) is 2.07. The van der Waals surface area contributed by atoms with Crippen molar-refractivity contribution in [3.63, 3.8) is 0 Å². The Bertz CT molecular complexity index is 282. The van der Waals surface area contributed by atoms with Crippen LogP contribution < -0.4 is 0 Å². The van der Waals surface area contributed by atoms with Gasteiger partial charge in [-0.05, 0) is 48.3 Å². The Hall–Kier alpha value is -0.530. The summed E-state index contributed by atoms with van der Waals surface area (Å²) in [6, 6.07) is 0. The predicted octanol–water partition coefficient (Wildman–Crippen LogP) is 3.31. The van der Waals surface area contributed by atoms with Gasteiger partial charge in [0.2, 0.25) is 0 Å². The number of rotatable bonds is 2. The minimum absolute atomic E-state index is 0.250. The molecule has 3 fully saturated rings. The van der Waals surface area contributed by atoms with Crippen molar-refractivity contribution in [2.45, 2.75) is 52.9 Å². The van der Waals surface area contributed by atoms with Crippen LogP contribution in [0, 0.1) is 22.7 Å². The number of carboxylic acid groups (broad SMARTS) is 1. The first-order valence-electron chi connectivity index (χ1n) is 6.07. The molecule has 0 amide bonds. The second-order valence-electron chi connectivity index (χ2n) is 6.44. The third-order valence-electron chi connectivity index (χ3n) is 5.36. The van der Waals surface area contributed by atoms with Crippen molar-refractivity contribution in [3.05, 3.63) is 0 Å². The second kappa shape index (κ2) is 3.23. The van der Waals surface area contributed by atoms with Gasteiger partial charge >= 0.3 is 5.97 Å². The van der Waals surface area contributed by atoms with Gasteiger partial charge in [-0.25, -0.2) is 0 Å². The molecule has 0 spiro atoms. The molecule has 15 heavy (non-hydrogen) atoms. The van der Waals surface area contributed by atoms with E-state index in [9.17, 15) is 4.79 Å². The fourth-order valence-electron chi connectivity index (χ4n) is 4.04. The van der Waals surface area contributed by atoms with Gasteiger partial charge in [0.25, 0.3) is 0 Å². The van der Waals surface area contributed by atoms with Gasteiger partial charge in [-0.15, -0.1) is 0 Å². The molecule has 86 valence electrons. The molecule has 0 aromatic carbocycles. The van der Waals surface area contributed by atoms with Crippen molar-refractivity contribution in [2.75, 3.05) is 0 Å². The molecular weight excluding hydrogens is 188 g/mol. The van der Waals surface area contributed by atoms with E-state index < -0.39 is 5.97 Å². The normalized spacial score (nSPS) is 42.9. The molecule has 0 aromatic rings. The first kappa shape index (κ1) is 11.0. The Morgan fingerprint density at radius 1 is 1.40 bits per heavy atom. The summed E-state index contributed by atoms with van der Waals surface area (Å²) >= 11 is 0. The van der Waals surface area contributed by atoms with Crippen LogP contribution in [0.5, 0.6) is 0 Å². The van der Waals surface area contributed by atoms with Crippen LogP contribution in [-0.2, 0) is 4.79 Å². The lowest BCUT2D eigenvalue weighted by Crippen LogP contribution is -2.52. The summed E-state index contributed by atoms with van der Waals surface area (Å²) in [5, 5.41) is 8.98. The lowest BCUT2D eigenvalue weighted by atomic mass is 9.45. The largest absolute Gasteiger partial charge is 0.481 e. The minimum Gasteiger partial charge on any atom is -0.481 e. The Kier molecular flexibility index (Phi) is 2.36. The highest BCUT2D eigenvalue weighted by Gasteiger charge is 2.55. The molecule has 2 heteroatoms. The highest BCUT2D eigenvalue weighted by Crippen LogP contribution is 2.63. The van der Waals surface area contributed by atoms with E-state index in [4.69, 9.17) is 5.11 Å². The molecule has 3 aliphatic carbocycles. The highest BCUT2D eigenvalue weighted by molar-refractivity contribution is 5.67. The minimum atomic E-state index is -0.621. The maximum absolute atomic E-state index is 10.9. The van der Waals surface area contributed by atoms with Gasteiger partial charge in [0, 0.05) is 6.42 Å². The Balaban J connectivity index is 2.24. The zero-order chi connectivity index (χ0) is 11.3. The monoisotopic (exact) mass is 210 g/mol. The summed E-state index contributed by atoms with van der Waals surface area (Å²) in [5.41, 5.74) is 0.578. The van der Waals surface area contributed by atoms with Crippen LogP contribution in [0.3, 0.4) is 0 Å². The standard InChI is InChI=1S/C13H22O2/c1-12(2)8-9-4-5-13(12,3)10(6-9)7-11(14)15/h9-10H,4-8H2,1-3H3,(H,14,15). The van der Waals surface area contributed by atoms with E-state index in [-0.39, 0.29) is 5.41 Å². The van der Waals surface area contributed by atoms with E-state index in [0.29, 0.717) is 17.8 Å². The summed E-state index contributed by atoms with van der Waals surface area (Å²) in [5.74, 6) is 0.563. The molecule has 3 aliphatic rings. The van der Waals surface area contributed by atoms with Gasteiger partial charge in [-0.1, -0.05) is 20.8 Å². The van der Waals surface area contributed by atoms with Crippen molar-refractivity contribution in [1.82, 2.24) is 0 Å². The molecule has 3 atom stereocenters. The topological polar surface area (TPSA) is 37.3 Å². The maximum atomic E-state index is 10.9. The zero-order valence-electron chi connectivity index (χ0n) is 10.0. The van der Waals surface area contributed by atoms with Crippen LogP contribution in [0.25, 0.3) is 0 Å². The Labute approximate surface area is 92.1 Å². The number of aliphatic carboxylic acids is 1. The summed E-state index contributed by atoms with van der Waals surface area (Å²) in [6.45, 7) is 6.97. The van der Waals surface area contributed by atoms with Crippen LogP contribution in [0.15, 0.2) is 0 Å². The van der Waals surface area contributed by atoms with Crippen LogP contribution in [0.1, 0.15) is 52.9 Å². The fraction of sp³-hybridized carbons (Fsp3) is 0.923. The molecule has 0 saturated heterocycles. The van der Waals surface area contributed by atoms with Gasteiger partial charge in [0.05, 0.1) is 0 Å². The molecule has 2 bridgehead atoms. The van der Waals surface area contributed by atoms with Crippen molar-refractivity contribution < 1.29 is 9.90 Å². The molecule has 0 heterocycles. The first-order valence-corrected chi connectivity index (χ1v) is 6.07. The number of fused-ring (bicyclic) bond motifs is 3. The fourth-order valence-corrected chi connectivity index (χ4v) is 4.04. The number of carbonyl (C=O) groups is 1. The van der Waals surface area contributed by atoms with Gasteiger partial charge in [-0.2, -0.15) is 0 Å². The second-order valence-corrected chi connectivity index (χ2v) is 6.44. The summed E-state index contributed by atoms with van der Waals surface area (Å²) in [7, 11) is 0. The highest BCUT2D eigenvalue weighted by atomic mass is 16.4. The van der Waals surface area contributed by atoms with Crippen LogP contribution in [0.4, 0.5) is 0 Å². The van der Waals surface area contributed by atoms with Crippen LogP contribution >= 0.6 is 0 Å². The first-order chi connectivity index (χ1) is 6.85. The molecule has 0 radical (unpaired) electrons. The molecule has 0 aromatic heterocycles. The third kappa shape index (κ3) is 1.58.